The summed E-state index contributed by atoms with van der Waals surface area (Å²) in [4.78, 5) is 17.0. The molecule has 0 unspecified atom stereocenters. The maximum absolute atomic E-state index is 12.9. The van der Waals surface area contributed by atoms with Crippen molar-refractivity contribution in [2.24, 2.45) is 5.14 Å². The first-order valence-corrected chi connectivity index (χ1v) is 10.5. The minimum absolute atomic E-state index is 0.0259. The predicted octanol–water partition coefficient (Wildman–Crippen LogP) is 1.88. The van der Waals surface area contributed by atoms with E-state index in [4.69, 9.17) is 5.14 Å². The van der Waals surface area contributed by atoms with Crippen LogP contribution in [-0.4, -0.2) is 44.9 Å². The summed E-state index contributed by atoms with van der Waals surface area (Å²) in [5.41, 5.74) is 1.68. The molecule has 6 nitrogen and oxygen atoms in total. The summed E-state index contributed by atoms with van der Waals surface area (Å²) in [6.45, 7) is 2.39. The molecule has 1 atom stereocenters. The molecule has 1 amide bonds. The van der Waals surface area contributed by atoms with Crippen LogP contribution in [0.4, 0.5) is 5.69 Å². The number of sulfonamides is 1. The van der Waals surface area contributed by atoms with E-state index >= 15 is 0 Å². The minimum Gasteiger partial charge on any atom is -0.308 e. The van der Waals surface area contributed by atoms with Gasteiger partial charge < -0.3 is 4.90 Å². The fraction of sp³-hybridized carbons (Fsp3) is 0.611. The molecule has 1 heterocycles. The summed E-state index contributed by atoms with van der Waals surface area (Å²) >= 11 is 0. The van der Waals surface area contributed by atoms with Crippen molar-refractivity contribution < 1.29 is 13.2 Å². The van der Waals surface area contributed by atoms with Gasteiger partial charge in [-0.3, -0.25) is 9.69 Å². The largest absolute Gasteiger partial charge is 0.308 e. The first-order valence-electron chi connectivity index (χ1n) is 8.95. The van der Waals surface area contributed by atoms with E-state index in [0.717, 1.165) is 24.1 Å². The van der Waals surface area contributed by atoms with Crippen molar-refractivity contribution in [1.82, 2.24) is 4.90 Å². The smallest absolute Gasteiger partial charge is 0.241 e. The van der Waals surface area contributed by atoms with Crippen LogP contribution in [0.1, 0.15) is 44.6 Å². The number of rotatable bonds is 4. The Hall–Kier alpha value is -1.44. The number of amides is 1. The molecule has 1 fully saturated rings. The third-order valence-electron chi connectivity index (χ3n) is 5.45. The Morgan fingerprint density at radius 1 is 1.28 bits per heavy atom. The maximum Gasteiger partial charge on any atom is 0.241 e. The molecule has 1 aliphatic carbocycles. The summed E-state index contributed by atoms with van der Waals surface area (Å²) in [6, 6.07) is 5.30. The monoisotopic (exact) mass is 365 g/mol. The highest BCUT2D eigenvalue weighted by atomic mass is 32.2. The van der Waals surface area contributed by atoms with Crippen LogP contribution in [0, 0.1) is 0 Å². The molecule has 0 saturated heterocycles. The van der Waals surface area contributed by atoms with Crippen LogP contribution in [0.3, 0.4) is 0 Å². The molecule has 1 saturated carbocycles. The summed E-state index contributed by atoms with van der Waals surface area (Å²) in [6.07, 6.45) is 6.74. The van der Waals surface area contributed by atoms with Gasteiger partial charge in [0.2, 0.25) is 15.9 Å². The Bertz CT molecular complexity index is 757. The number of anilines is 1. The molecule has 25 heavy (non-hydrogen) atoms. The second-order valence-electron chi connectivity index (χ2n) is 7.36. The lowest BCUT2D eigenvalue weighted by molar-refractivity contribution is -0.120. The first-order chi connectivity index (χ1) is 11.8. The highest BCUT2D eigenvalue weighted by Crippen LogP contribution is 2.34. The van der Waals surface area contributed by atoms with E-state index in [1.165, 1.54) is 25.3 Å². The lowest BCUT2D eigenvalue weighted by Crippen LogP contribution is -2.45. The SMILES string of the molecule is C[C@@H]1Cc2cc(S(N)(=O)=O)ccc2N1C(=O)CN(C)C1CCCCC1. The average molecular weight is 365 g/mol. The van der Waals surface area contributed by atoms with Gasteiger partial charge in [-0.1, -0.05) is 19.3 Å². The Kier molecular flexibility index (Phi) is 5.18. The van der Waals surface area contributed by atoms with Gasteiger partial charge in [0.15, 0.2) is 0 Å². The van der Waals surface area contributed by atoms with E-state index < -0.39 is 10.0 Å². The fourth-order valence-corrected chi connectivity index (χ4v) is 4.67. The van der Waals surface area contributed by atoms with Crippen LogP contribution in [0.5, 0.6) is 0 Å². The Labute approximate surface area is 150 Å². The van der Waals surface area contributed by atoms with Crippen molar-refractivity contribution >= 4 is 21.6 Å². The molecule has 2 aliphatic rings. The predicted molar refractivity (Wildman–Crippen MR) is 98.0 cm³/mol. The zero-order valence-corrected chi connectivity index (χ0v) is 15.8. The molecule has 0 bridgehead atoms. The molecule has 1 aromatic carbocycles. The van der Waals surface area contributed by atoms with Crippen molar-refractivity contribution in [3.8, 4) is 0 Å². The van der Waals surface area contributed by atoms with Gasteiger partial charge >= 0.3 is 0 Å². The number of hydrogen-bond acceptors (Lipinski definition) is 4. The number of nitrogens with zero attached hydrogens (tertiary/aromatic N) is 2. The lowest BCUT2D eigenvalue weighted by atomic mass is 9.94. The van der Waals surface area contributed by atoms with Crippen molar-refractivity contribution in [2.75, 3.05) is 18.5 Å². The van der Waals surface area contributed by atoms with Crippen LogP contribution in [0.25, 0.3) is 0 Å². The molecule has 0 radical (unpaired) electrons. The highest BCUT2D eigenvalue weighted by molar-refractivity contribution is 7.89. The number of likely N-dealkylation sites (N-methyl/N-ethyl adjacent to an activating group) is 1. The molecular weight excluding hydrogens is 338 g/mol. The number of hydrogen-bond donors (Lipinski definition) is 1. The van der Waals surface area contributed by atoms with E-state index in [1.807, 2.05) is 18.9 Å². The van der Waals surface area contributed by atoms with E-state index in [2.05, 4.69) is 4.90 Å². The number of nitrogens with two attached hydrogens (primary N) is 1. The minimum atomic E-state index is -3.72. The molecule has 3 rings (SSSR count). The second-order valence-corrected chi connectivity index (χ2v) is 8.92. The first kappa shape index (κ1) is 18.4. The summed E-state index contributed by atoms with van der Waals surface area (Å²) in [7, 11) is -1.70. The van der Waals surface area contributed by atoms with E-state index in [-0.39, 0.29) is 16.8 Å². The topological polar surface area (TPSA) is 83.7 Å². The van der Waals surface area contributed by atoms with Gasteiger partial charge in [-0.2, -0.15) is 0 Å². The number of carbonyl (C=O) groups excluding carboxylic acids is 1. The Morgan fingerprint density at radius 3 is 2.60 bits per heavy atom. The van der Waals surface area contributed by atoms with Gasteiger partial charge in [-0.15, -0.1) is 0 Å². The van der Waals surface area contributed by atoms with Crippen molar-refractivity contribution in [1.29, 1.82) is 0 Å². The summed E-state index contributed by atoms with van der Waals surface area (Å²) in [5, 5.41) is 5.21. The molecule has 138 valence electrons. The van der Waals surface area contributed by atoms with Gasteiger partial charge in [-0.25, -0.2) is 13.6 Å². The van der Waals surface area contributed by atoms with Gasteiger partial charge in [0.25, 0.3) is 0 Å². The molecule has 0 aromatic heterocycles. The summed E-state index contributed by atoms with van der Waals surface area (Å²) < 4.78 is 23.1. The normalized spacial score (nSPS) is 21.6. The average Bonchev–Trinajstić information content (AvgIpc) is 2.89. The maximum atomic E-state index is 12.9. The Balaban J connectivity index is 1.76. The van der Waals surface area contributed by atoms with Crippen LogP contribution in [0.2, 0.25) is 0 Å². The second kappa shape index (κ2) is 7.05. The van der Waals surface area contributed by atoms with Gasteiger partial charge in [0.05, 0.1) is 11.4 Å². The lowest BCUT2D eigenvalue weighted by Gasteiger charge is -2.32. The quantitative estimate of drug-likeness (QED) is 0.883. The molecular formula is C18H27N3O3S. The van der Waals surface area contributed by atoms with Crippen molar-refractivity contribution in [3.05, 3.63) is 23.8 Å². The third kappa shape index (κ3) is 3.88. The van der Waals surface area contributed by atoms with Gasteiger partial charge in [0, 0.05) is 17.8 Å². The van der Waals surface area contributed by atoms with Gasteiger partial charge in [-0.05, 0) is 57.0 Å². The van der Waals surface area contributed by atoms with Crippen LogP contribution >= 0.6 is 0 Å². The zero-order valence-electron chi connectivity index (χ0n) is 14.9. The number of fused-ring (bicyclic) bond motifs is 1. The standard InChI is InChI=1S/C18H27N3O3S/c1-13-10-14-11-16(25(19,23)24)8-9-17(14)21(13)18(22)12-20(2)15-6-4-3-5-7-15/h8-9,11,13,15H,3-7,10,12H2,1-2H3,(H2,19,23,24)/t13-/m1/s1. The molecule has 7 heteroatoms. The third-order valence-corrected chi connectivity index (χ3v) is 6.36. The van der Waals surface area contributed by atoms with E-state index in [1.54, 1.807) is 12.1 Å². The molecule has 2 N–H and O–H groups in total. The van der Waals surface area contributed by atoms with Crippen LogP contribution < -0.4 is 10.0 Å². The number of primary sulfonamides is 1. The Morgan fingerprint density at radius 2 is 1.96 bits per heavy atom. The molecule has 0 spiro atoms. The molecule has 1 aromatic rings. The van der Waals surface area contributed by atoms with Crippen LogP contribution in [-0.2, 0) is 21.2 Å². The molecule has 1 aliphatic heterocycles. The van der Waals surface area contributed by atoms with Crippen molar-refractivity contribution in [2.45, 2.75) is 62.4 Å². The van der Waals surface area contributed by atoms with E-state index in [0.29, 0.717) is 19.0 Å². The van der Waals surface area contributed by atoms with Crippen LogP contribution in [0.15, 0.2) is 23.1 Å². The summed E-state index contributed by atoms with van der Waals surface area (Å²) in [5.74, 6) is 0.0719. The fourth-order valence-electron chi connectivity index (χ4n) is 4.10. The highest BCUT2D eigenvalue weighted by Gasteiger charge is 2.33. The number of benzene rings is 1. The van der Waals surface area contributed by atoms with Gasteiger partial charge in [0.1, 0.15) is 0 Å². The van der Waals surface area contributed by atoms with E-state index in [9.17, 15) is 13.2 Å². The van der Waals surface area contributed by atoms with Crippen molar-refractivity contribution in [3.63, 3.8) is 0 Å². The zero-order chi connectivity index (χ0) is 18.2. The number of carbonyl (C=O) groups is 1.